The van der Waals surface area contributed by atoms with Crippen LogP contribution in [0.3, 0.4) is 0 Å². The van der Waals surface area contributed by atoms with Gasteiger partial charge in [-0.2, -0.15) is 0 Å². The minimum Gasteiger partial charge on any atom is -0.309 e. The first-order chi connectivity index (χ1) is 6.69. The van der Waals surface area contributed by atoms with Crippen LogP contribution >= 0.6 is 11.3 Å². The number of hydrogen-bond donors (Lipinski definition) is 1. The Hall–Kier alpha value is -0.600. The predicted octanol–water partition coefficient (Wildman–Crippen LogP) is 3.54. The Morgan fingerprint density at radius 2 is 2.29 bits per heavy atom. The molecule has 1 atom stereocenters. The summed E-state index contributed by atoms with van der Waals surface area (Å²) in [5.74, 6) is 0. The van der Waals surface area contributed by atoms with Crippen molar-refractivity contribution in [3.63, 3.8) is 0 Å². The van der Waals surface area contributed by atoms with Gasteiger partial charge in [-0.25, -0.2) is 0 Å². The molecule has 0 spiro atoms. The first-order valence-corrected chi connectivity index (χ1v) is 5.95. The Morgan fingerprint density at radius 1 is 1.57 bits per heavy atom. The van der Waals surface area contributed by atoms with Crippen molar-refractivity contribution < 1.29 is 0 Å². The van der Waals surface area contributed by atoms with Gasteiger partial charge in [-0.15, -0.1) is 11.3 Å². The lowest BCUT2D eigenvalue weighted by Gasteiger charge is -2.12. The average Bonchev–Trinajstić information content (AvgIpc) is 2.61. The highest BCUT2D eigenvalue weighted by Gasteiger charge is 2.11. The van der Waals surface area contributed by atoms with E-state index in [1.165, 1.54) is 16.0 Å². The van der Waals surface area contributed by atoms with Crippen LogP contribution in [-0.4, -0.2) is 7.05 Å². The van der Waals surface area contributed by atoms with Crippen molar-refractivity contribution in [1.29, 1.82) is 0 Å². The fourth-order valence-electron chi connectivity index (χ4n) is 1.54. The molecule has 1 aromatic heterocycles. The van der Waals surface area contributed by atoms with Gasteiger partial charge in [0.1, 0.15) is 0 Å². The summed E-state index contributed by atoms with van der Waals surface area (Å²) < 4.78 is 0. The quantitative estimate of drug-likeness (QED) is 0.748. The van der Waals surface area contributed by atoms with Crippen LogP contribution in [0.1, 0.15) is 37.3 Å². The molecule has 14 heavy (non-hydrogen) atoms. The zero-order valence-corrected chi connectivity index (χ0v) is 10.2. The molecule has 0 aliphatic rings. The maximum Gasteiger partial charge on any atom is 0.0603 e. The van der Waals surface area contributed by atoms with Gasteiger partial charge < -0.3 is 5.32 Å². The largest absolute Gasteiger partial charge is 0.309 e. The number of hydrogen-bond acceptors (Lipinski definition) is 2. The molecule has 0 saturated carbocycles. The van der Waals surface area contributed by atoms with Crippen molar-refractivity contribution in [3.8, 4) is 0 Å². The van der Waals surface area contributed by atoms with Crippen LogP contribution in [0.4, 0.5) is 0 Å². The molecule has 0 radical (unpaired) electrons. The van der Waals surface area contributed by atoms with Crippen LogP contribution in [0.5, 0.6) is 0 Å². The molecule has 1 heterocycles. The summed E-state index contributed by atoms with van der Waals surface area (Å²) in [6.07, 6.45) is 3.40. The standard InChI is InChI=1S/C12H19NS/c1-5-10-6-7-14-12(10)11(13-4)8-9(2)3/h6-8,11,13H,5H2,1-4H3. The van der Waals surface area contributed by atoms with Crippen molar-refractivity contribution in [2.75, 3.05) is 7.05 Å². The van der Waals surface area contributed by atoms with Gasteiger partial charge in [0.25, 0.3) is 0 Å². The Kier molecular flexibility index (Phi) is 4.36. The van der Waals surface area contributed by atoms with Crippen molar-refractivity contribution in [2.24, 2.45) is 0 Å². The van der Waals surface area contributed by atoms with Gasteiger partial charge in [0, 0.05) is 4.88 Å². The first kappa shape index (κ1) is 11.5. The number of aryl methyl sites for hydroxylation is 1. The van der Waals surface area contributed by atoms with Gasteiger partial charge in [0.15, 0.2) is 0 Å². The Morgan fingerprint density at radius 3 is 2.79 bits per heavy atom. The van der Waals surface area contributed by atoms with E-state index in [0.717, 1.165) is 6.42 Å². The van der Waals surface area contributed by atoms with E-state index in [9.17, 15) is 0 Å². The molecular formula is C12H19NS. The fraction of sp³-hybridized carbons (Fsp3) is 0.500. The summed E-state index contributed by atoms with van der Waals surface area (Å²) in [4.78, 5) is 1.45. The monoisotopic (exact) mass is 209 g/mol. The van der Waals surface area contributed by atoms with E-state index in [1.807, 2.05) is 18.4 Å². The molecule has 0 saturated heterocycles. The van der Waals surface area contributed by atoms with E-state index in [-0.39, 0.29) is 0 Å². The van der Waals surface area contributed by atoms with Crippen LogP contribution in [0.2, 0.25) is 0 Å². The van der Waals surface area contributed by atoms with E-state index in [2.05, 4.69) is 43.6 Å². The molecule has 0 aliphatic heterocycles. The van der Waals surface area contributed by atoms with Crippen LogP contribution < -0.4 is 5.32 Å². The summed E-state index contributed by atoms with van der Waals surface area (Å²) in [5, 5.41) is 5.52. The number of likely N-dealkylation sites (N-methyl/N-ethyl adjacent to an activating group) is 1. The third kappa shape index (κ3) is 2.69. The zero-order chi connectivity index (χ0) is 10.6. The van der Waals surface area contributed by atoms with Gasteiger partial charge in [-0.05, 0) is 44.3 Å². The molecule has 1 aromatic rings. The van der Waals surface area contributed by atoms with E-state index < -0.39 is 0 Å². The van der Waals surface area contributed by atoms with Gasteiger partial charge in [0.2, 0.25) is 0 Å². The second-order valence-corrected chi connectivity index (χ2v) is 4.62. The smallest absolute Gasteiger partial charge is 0.0603 e. The maximum absolute atomic E-state index is 3.34. The van der Waals surface area contributed by atoms with Crippen molar-refractivity contribution in [2.45, 2.75) is 33.2 Å². The van der Waals surface area contributed by atoms with Crippen molar-refractivity contribution in [1.82, 2.24) is 5.32 Å². The van der Waals surface area contributed by atoms with Gasteiger partial charge in [-0.1, -0.05) is 18.6 Å². The minimum atomic E-state index is 0.384. The van der Waals surface area contributed by atoms with E-state index in [0.29, 0.717) is 6.04 Å². The molecule has 0 aliphatic carbocycles. The molecule has 1 nitrogen and oxygen atoms in total. The number of allylic oxidation sites excluding steroid dienone is 1. The van der Waals surface area contributed by atoms with Crippen molar-refractivity contribution >= 4 is 11.3 Å². The Balaban J connectivity index is 2.94. The molecule has 0 bridgehead atoms. The molecule has 1 rings (SSSR count). The van der Waals surface area contributed by atoms with E-state index in [1.54, 1.807) is 0 Å². The Labute approximate surface area is 90.9 Å². The highest BCUT2D eigenvalue weighted by molar-refractivity contribution is 7.10. The second-order valence-electron chi connectivity index (χ2n) is 3.67. The Bertz CT molecular complexity index is 308. The lowest BCUT2D eigenvalue weighted by molar-refractivity contribution is 0.715. The molecule has 0 amide bonds. The lowest BCUT2D eigenvalue weighted by Crippen LogP contribution is -2.14. The van der Waals surface area contributed by atoms with Crippen LogP contribution in [-0.2, 0) is 6.42 Å². The molecule has 2 heteroatoms. The summed E-state index contributed by atoms with van der Waals surface area (Å²) in [6.45, 7) is 6.49. The molecule has 1 unspecified atom stereocenters. The van der Waals surface area contributed by atoms with Gasteiger partial charge in [-0.3, -0.25) is 0 Å². The maximum atomic E-state index is 3.34. The van der Waals surface area contributed by atoms with Gasteiger partial charge >= 0.3 is 0 Å². The minimum absolute atomic E-state index is 0.384. The molecule has 1 N–H and O–H groups in total. The highest BCUT2D eigenvalue weighted by atomic mass is 32.1. The fourth-order valence-corrected chi connectivity index (χ4v) is 2.61. The first-order valence-electron chi connectivity index (χ1n) is 5.07. The second kappa shape index (κ2) is 5.32. The van der Waals surface area contributed by atoms with Crippen LogP contribution in [0.25, 0.3) is 0 Å². The van der Waals surface area contributed by atoms with Crippen LogP contribution in [0.15, 0.2) is 23.1 Å². The molecule has 0 aromatic carbocycles. The number of rotatable bonds is 4. The lowest BCUT2D eigenvalue weighted by atomic mass is 10.1. The van der Waals surface area contributed by atoms with Crippen LogP contribution in [0, 0.1) is 0 Å². The van der Waals surface area contributed by atoms with Crippen molar-refractivity contribution in [3.05, 3.63) is 33.5 Å². The highest BCUT2D eigenvalue weighted by Crippen LogP contribution is 2.26. The number of nitrogens with one attached hydrogen (secondary N) is 1. The topological polar surface area (TPSA) is 12.0 Å². The molecule has 0 fully saturated rings. The zero-order valence-electron chi connectivity index (χ0n) is 9.42. The van der Waals surface area contributed by atoms with E-state index >= 15 is 0 Å². The average molecular weight is 209 g/mol. The third-order valence-electron chi connectivity index (χ3n) is 2.26. The summed E-state index contributed by atoms with van der Waals surface area (Å²) in [7, 11) is 2.02. The third-order valence-corrected chi connectivity index (χ3v) is 3.30. The summed E-state index contributed by atoms with van der Waals surface area (Å²) in [5.41, 5.74) is 2.83. The molecule has 78 valence electrons. The van der Waals surface area contributed by atoms with E-state index in [4.69, 9.17) is 0 Å². The van der Waals surface area contributed by atoms with Gasteiger partial charge in [0.05, 0.1) is 6.04 Å². The normalized spacial score (nSPS) is 12.6. The number of thiophene rings is 1. The predicted molar refractivity (Wildman–Crippen MR) is 64.9 cm³/mol. The summed E-state index contributed by atoms with van der Waals surface area (Å²) in [6, 6.07) is 2.61. The SMILES string of the molecule is CCc1ccsc1C(C=C(C)C)NC. The molecular weight excluding hydrogens is 190 g/mol. The summed E-state index contributed by atoms with van der Waals surface area (Å²) >= 11 is 1.84.